The van der Waals surface area contributed by atoms with Crippen molar-refractivity contribution >= 4 is 11.8 Å². The Kier molecular flexibility index (Phi) is 2.76. The Morgan fingerprint density at radius 3 is 3.13 bits per heavy atom. The number of rotatable bonds is 2. The van der Waals surface area contributed by atoms with E-state index in [1.165, 1.54) is 5.56 Å². The zero-order chi connectivity index (χ0) is 10.7. The average Bonchev–Trinajstić information content (AvgIpc) is 2.26. The van der Waals surface area contributed by atoms with E-state index in [0.717, 1.165) is 18.5 Å². The van der Waals surface area contributed by atoms with E-state index in [0.29, 0.717) is 6.61 Å². The van der Waals surface area contributed by atoms with E-state index >= 15 is 0 Å². The first-order valence-electron chi connectivity index (χ1n) is 5.02. The van der Waals surface area contributed by atoms with E-state index in [1.54, 1.807) is 0 Å². The van der Waals surface area contributed by atoms with E-state index < -0.39 is 6.09 Å². The predicted molar refractivity (Wildman–Crippen MR) is 57.7 cm³/mol. The Balaban J connectivity index is 1.96. The third-order valence-corrected chi connectivity index (χ3v) is 2.57. The molecule has 1 unspecified atom stereocenters. The summed E-state index contributed by atoms with van der Waals surface area (Å²) in [5.74, 6) is 0. The standard InChI is InChI=1S/C11H14N2O2/c12-11(14)15-7-9-6-5-8-3-1-2-4-10(8)13-9/h1-4,9,13H,5-7H2,(H2,12,14). The molecule has 1 aromatic rings. The molecule has 1 heterocycles. The van der Waals surface area contributed by atoms with Crippen molar-refractivity contribution in [1.29, 1.82) is 0 Å². The summed E-state index contributed by atoms with van der Waals surface area (Å²) in [6.07, 6.45) is 1.26. The Morgan fingerprint density at radius 2 is 2.33 bits per heavy atom. The van der Waals surface area contributed by atoms with Gasteiger partial charge in [-0.3, -0.25) is 0 Å². The highest BCUT2D eigenvalue weighted by Gasteiger charge is 2.17. The maximum absolute atomic E-state index is 10.5. The van der Waals surface area contributed by atoms with Crippen molar-refractivity contribution in [3.05, 3.63) is 29.8 Å². The van der Waals surface area contributed by atoms with Gasteiger partial charge < -0.3 is 15.8 Å². The molecule has 2 rings (SSSR count). The molecule has 0 spiro atoms. The number of nitrogens with two attached hydrogens (primary N) is 1. The van der Waals surface area contributed by atoms with Crippen LogP contribution in [0.25, 0.3) is 0 Å². The van der Waals surface area contributed by atoms with Crippen molar-refractivity contribution in [2.45, 2.75) is 18.9 Å². The van der Waals surface area contributed by atoms with Crippen LogP contribution in [0.3, 0.4) is 0 Å². The number of primary amides is 1. The zero-order valence-corrected chi connectivity index (χ0v) is 8.40. The van der Waals surface area contributed by atoms with Gasteiger partial charge in [0.1, 0.15) is 6.61 Å². The molecule has 1 aliphatic rings. The summed E-state index contributed by atoms with van der Waals surface area (Å²) in [6, 6.07) is 8.33. The minimum absolute atomic E-state index is 0.174. The number of aryl methyl sites for hydroxylation is 1. The summed E-state index contributed by atoms with van der Waals surface area (Å²) < 4.78 is 4.77. The third kappa shape index (κ3) is 2.40. The largest absolute Gasteiger partial charge is 0.448 e. The van der Waals surface area contributed by atoms with Gasteiger partial charge in [-0.2, -0.15) is 0 Å². The van der Waals surface area contributed by atoms with Crippen LogP contribution in [0, 0.1) is 0 Å². The quantitative estimate of drug-likeness (QED) is 0.770. The molecule has 0 radical (unpaired) electrons. The highest BCUT2D eigenvalue weighted by Crippen LogP contribution is 2.24. The first kappa shape index (κ1) is 9.83. The van der Waals surface area contributed by atoms with Gasteiger partial charge in [0.2, 0.25) is 0 Å². The summed E-state index contributed by atoms with van der Waals surface area (Å²) in [4.78, 5) is 10.5. The lowest BCUT2D eigenvalue weighted by molar-refractivity contribution is 0.150. The van der Waals surface area contributed by atoms with Crippen LogP contribution in [0.2, 0.25) is 0 Å². The summed E-state index contributed by atoms with van der Waals surface area (Å²) in [6.45, 7) is 0.337. The number of nitrogens with one attached hydrogen (secondary N) is 1. The molecule has 1 aromatic carbocycles. The minimum Gasteiger partial charge on any atom is -0.448 e. The molecule has 4 heteroatoms. The predicted octanol–water partition coefficient (Wildman–Crippen LogP) is 1.51. The van der Waals surface area contributed by atoms with Crippen molar-refractivity contribution in [3.63, 3.8) is 0 Å². The fourth-order valence-corrected chi connectivity index (χ4v) is 1.81. The molecule has 0 aliphatic carbocycles. The molecule has 15 heavy (non-hydrogen) atoms. The molecule has 0 saturated heterocycles. The first-order chi connectivity index (χ1) is 7.25. The van der Waals surface area contributed by atoms with Crippen LogP contribution in [-0.4, -0.2) is 18.7 Å². The van der Waals surface area contributed by atoms with E-state index in [-0.39, 0.29) is 6.04 Å². The fraction of sp³-hybridized carbons (Fsp3) is 0.364. The molecule has 0 saturated carbocycles. The summed E-state index contributed by atoms with van der Waals surface area (Å²) in [5, 5.41) is 3.32. The van der Waals surface area contributed by atoms with Crippen molar-refractivity contribution < 1.29 is 9.53 Å². The molecule has 3 N–H and O–H groups in total. The van der Waals surface area contributed by atoms with Gasteiger partial charge in [-0.05, 0) is 24.5 Å². The maximum Gasteiger partial charge on any atom is 0.404 e. The second-order valence-corrected chi connectivity index (χ2v) is 3.67. The third-order valence-electron chi connectivity index (χ3n) is 2.57. The number of carbonyl (C=O) groups excluding carboxylic acids is 1. The summed E-state index contributed by atoms with van der Waals surface area (Å²) in [5.41, 5.74) is 7.35. The maximum atomic E-state index is 10.5. The van der Waals surface area contributed by atoms with Crippen LogP contribution < -0.4 is 11.1 Å². The van der Waals surface area contributed by atoms with Gasteiger partial charge in [-0.25, -0.2) is 4.79 Å². The highest BCUT2D eigenvalue weighted by molar-refractivity contribution is 5.64. The van der Waals surface area contributed by atoms with Gasteiger partial charge in [0.05, 0.1) is 6.04 Å². The Bertz CT molecular complexity index is 365. The monoisotopic (exact) mass is 206 g/mol. The van der Waals surface area contributed by atoms with Gasteiger partial charge in [-0.1, -0.05) is 18.2 Å². The smallest absolute Gasteiger partial charge is 0.404 e. The minimum atomic E-state index is -0.712. The molecular weight excluding hydrogens is 192 g/mol. The molecule has 1 atom stereocenters. The summed E-state index contributed by atoms with van der Waals surface area (Å²) >= 11 is 0. The Morgan fingerprint density at radius 1 is 1.53 bits per heavy atom. The average molecular weight is 206 g/mol. The number of anilines is 1. The second-order valence-electron chi connectivity index (χ2n) is 3.67. The van der Waals surface area contributed by atoms with Gasteiger partial charge in [-0.15, -0.1) is 0 Å². The lowest BCUT2D eigenvalue weighted by Crippen LogP contribution is -2.32. The van der Waals surface area contributed by atoms with E-state index in [4.69, 9.17) is 10.5 Å². The number of hydrogen-bond acceptors (Lipinski definition) is 3. The van der Waals surface area contributed by atoms with Crippen LogP contribution in [0.5, 0.6) is 0 Å². The van der Waals surface area contributed by atoms with E-state index in [2.05, 4.69) is 11.4 Å². The van der Waals surface area contributed by atoms with Crippen molar-refractivity contribution in [2.24, 2.45) is 5.73 Å². The van der Waals surface area contributed by atoms with Crippen LogP contribution in [-0.2, 0) is 11.2 Å². The van der Waals surface area contributed by atoms with Gasteiger partial charge >= 0.3 is 6.09 Å². The Hall–Kier alpha value is -1.71. The molecule has 4 nitrogen and oxygen atoms in total. The zero-order valence-electron chi connectivity index (χ0n) is 8.40. The Labute approximate surface area is 88.4 Å². The molecular formula is C11H14N2O2. The number of benzene rings is 1. The molecule has 1 amide bonds. The normalized spacial score (nSPS) is 18.8. The topological polar surface area (TPSA) is 64.4 Å². The van der Waals surface area contributed by atoms with Crippen LogP contribution in [0.4, 0.5) is 10.5 Å². The molecule has 0 aromatic heterocycles. The number of carbonyl (C=O) groups is 1. The fourth-order valence-electron chi connectivity index (χ4n) is 1.81. The molecule has 0 bridgehead atoms. The lowest BCUT2D eigenvalue weighted by atomic mass is 9.99. The first-order valence-corrected chi connectivity index (χ1v) is 5.02. The number of hydrogen-bond donors (Lipinski definition) is 2. The lowest BCUT2D eigenvalue weighted by Gasteiger charge is -2.26. The van der Waals surface area contributed by atoms with Gasteiger partial charge in [0, 0.05) is 5.69 Å². The number of amides is 1. The van der Waals surface area contributed by atoms with Crippen LogP contribution in [0.15, 0.2) is 24.3 Å². The van der Waals surface area contributed by atoms with E-state index in [1.807, 2.05) is 18.2 Å². The van der Waals surface area contributed by atoms with Gasteiger partial charge in [0.15, 0.2) is 0 Å². The summed E-state index contributed by atoms with van der Waals surface area (Å²) in [7, 11) is 0. The number of para-hydroxylation sites is 1. The van der Waals surface area contributed by atoms with Crippen molar-refractivity contribution in [2.75, 3.05) is 11.9 Å². The molecule has 0 fully saturated rings. The van der Waals surface area contributed by atoms with Crippen molar-refractivity contribution in [3.8, 4) is 0 Å². The number of fused-ring (bicyclic) bond motifs is 1. The SMILES string of the molecule is NC(=O)OCC1CCc2ccccc2N1. The number of ether oxygens (including phenoxy) is 1. The van der Waals surface area contributed by atoms with E-state index in [9.17, 15) is 4.79 Å². The molecule has 1 aliphatic heterocycles. The second kappa shape index (κ2) is 4.21. The van der Waals surface area contributed by atoms with Crippen LogP contribution in [0.1, 0.15) is 12.0 Å². The van der Waals surface area contributed by atoms with Gasteiger partial charge in [0.25, 0.3) is 0 Å². The molecule has 80 valence electrons. The van der Waals surface area contributed by atoms with Crippen LogP contribution >= 0.6 is 0 Å². The van der Waals surface area contributed by atoms with Crippen molar-refractivity contribution in [1.82, 2.24) is 0 Å². The highest BCUT2D eigenvalue weighted by atomic mass is 16.5.